The zero-order valence-electron chi connectivity index (χ0n) is 24.4. The van der Waals surface area contributed by atoms with Crippen molar-refractivity contribution in [2.45, 2.75) is 91.1 Å². The number of benzene rings is 3. The molecule has 39 heavy (non-hydrogen) atoms. The van der Waals surface area contributed by atoms with E-state index in [9.17, 15) is 5.11 Å². The molecule has 1 N–H and O–H groups in total. The predicted molar refractivity (Wildman–Crippen MR) is 162 cm³/mol. The number of nitrogens with zero attached hydrogens (tertiary/aromatic N) is 1. The first-order valence-electron chi connectivity index (χ1n) is 14.4. The minimum Gasteiger partial charge on any atom is -0.661 e. The van der Waals surface area contributed by atoms with E-state index in [0.717, 1.165) is 45.0 Å². The van der Waals surface area contributed by atoms with Crippen molar-refractivity contribution in [3.63, 3.8) is 0 Å². The summed E-state index contributed by atoms with van der Waals surface area (Å²) in [5.41, 5.74) is 6.54. The van der Waals surface area contributed by atoms with E-state index in [4.69, 9.17) is 10.1 Å². The molecule has 3 nitrogen and oxygen atoms in total. The monoisotopic (exact) mass is 602 g/mol. The first-order chi connectivity index (χ1) is 18.5. The van der Waals surface area contributed by atoms with Gasteiger partial charge in [0.1, 0.15) is 11.9 Å². The fourth-order valence-electron chi connectivity index (χ4n) is 5.11. The second kappa shape index (κ2) is 18.2. The van der Waals surface area contributed by atoms with E-state index in [1.165, 1.54) is 64.2 Å². The van der Waals surface area contributed by atoms with Crippen LogP contribution in [-0.4, -0.2) is 12.2 Å². The van der Waals surface area contributed by atoms with Gasteiger partial charge in [0.25, 0.3) is 0 Å². The van der Waals surface area contributed by atoms with E-state index in [1.807, 2.05) is 67.6 Å². The molecule has 3 aromatic carbocycles. The quantitative estimate of drug-likeness (QED) is 0.305. The Morgan fingerprint density at radius 2 is 1.15 bits per heavy atom. The molecule has 2 aliphatic rings. The molecule has 1 atom stereocenters. The Kier molecular flexibility index (Phi) is 15.5. The summed E-state index contributed by atoms with van der Waals surface area (Å²) in [6, 6.07) is 23.6. The number of allylic oxidation sites excluding steroid dienone is 1. The van der Waals surface area contributed by atoms with Crippen molar-refractivity contribution in [1.29, 1.82) is 0 Å². The molecule has 0 amide bonds. The standard InChI is InChI=1S/C25H26NO2.2C5H10.Zr/c1-17-9-8-10-18(2)24(17)26-19(3)23(20-11-6-5-7-12-20)25(27)21-13-15-22(28-4)16-14-21;2*1-2-4-5-3-1;/h5-16,25,27H,1-4H3;2*1-5H2;/q-1;;;+3/b23-19-;;;. The van der Waals surface area contributed by atoms with Gasteiger partial charge < -0.3 is 15.2 Å². The molecule has 2 saturated carbocycles. The van der Waals surface area contributed by atoms with E-state index < -0.39 is 6.10 Å². The number of methoxy groups -OCH3 is 1. The van der Waals surface area contributed by atoms with E-state index in [-0.39, 0.29) is 26.2 Å². The molecule has 0 aliphatic heterocycles. The topological polar surface area (TPSA) is 43.6 Å². The minimum absolute atomic E-state index is 0. The summed E-state index contributed by atoms with van der Waals surface area (Å²) in [7, 11) is 1.63. The van der Waals surface area contributed by atoms with Crippen molar-refractivity contribution in [2.24, 2.45) is 0 Å². The first-order valence-corrected chi connectivity index (χ1v) is 14.4. The van der Waals surface area contributed by atoms with Crippen LogP contribution in [0.1, 0.15) is 99.5 Å². The van der Waals surface area contributed by atoms with Crippen LogP contribution in [0.4, 0.5) is 5.69 Å². The van der Waals surface area contributed by atoms with Crippen molar-refractivity contribution in [2.75, 3.05) is 7.11 Å². The number of hydrogen-bond acceptors (Lipinski definition) is 2. The second-order valence-corrected chi connectivity index (χ2v) is 10.4. The summed E-state index contributed by atoms with van der Waals surface area (Å²) in [5, 5.41) is 16.1. The third-order valence-corrected chi connectivity index (χ3v) is 7.40. The van der Waals surface area contributed by atoms with Crippen LogP contribution in [0, 0.1) is 13.8 Å². The summed E-state index contributed by atoms with van der Waals surface area (Å²) in [4.78, 5) is 0. The number of hydrogen-bond donors (Lipinski definition) is 1. The van der Waals surface area contributed by atoms with E-state index >= 15 is 0 Å². The Hall–Kier alpha value is -2.16. The molecule has 0 bridgehead atoms. The number of ether oxygens (including phenoxy) is 1. The first kappa shape index (κ1) is 33.1. The van der Waals surface area contributed by atoms with Gasteiger partial charge in [-0.05, 0) is 42.7 Å². The van der Waals surface area contributed by atoms with Crippen LogP contribution in [0.3, 0.4) is 0 Å². The van der Waals surface area contributed by atoms with Gasteiger partial charge in [-0.15, -0.1) is 5.69 Å². The summed E-state index contributed by atoms with van der Waals surface area (Å²) < 4.78 is 5.23. The summed E-state index contributed by atoms with van der Waals surface area (Å²) in [6.07, 6.45) is 14.2. The molecule has 3 aromatic rings. The van der Waals surface area contributed by atoms with Gasteiger partial charge in [-0.25, -0.2) is 0 Å². The molecule has 1 radical (unpaired) electrons. The van der Waals surface area contributed by atoms with Crippen molar-refractivity contribution in [1.82, 2.24) is 0 Å². The number of aliphatic hydroxyl groups excluding tert-OH is 1. The molecular weight excluding hydrogens is 558 g/mol. The molecule has 4 heteroatoms. The number of para-hydroxylation sites is 1. The molecule has 5 rings (SSSR count). The minimum atomic E-state index is -0.790. The van der Waals surface area contributed by atoms with Gasteiger partial charge in [-0.2, -0.15) is 5.70 Å². The Balaban J connectivity index is 0.000000403. The molecule has 0 spiro atoms. The van der Waals surface area contributed by atoms with Crippen LogP contribution in [0.15, 0.2) is 78.5 Å². The fourth-order valence-corrected chi connectivity index (χ4v) is 5.11. The largest absolute Gasteiger partial charge is 3.00 e. The van der Waals surface area contributed by atoms with Gasteiger partial charge in [0, 0.05) is 0 Å². The van der Waals surface area contributed by atoms with Gasteiger partial charge in [-0.1, -0.05) is 143 Å². The maximum absolute atomic E-state index is 11.2. The fraction of sp³-hybridized carbons (Fsp3) is 0.429. The number of aliphatic hydroxyl groups is 1. The predicted octanol–water partition coefficient (Wildman–Crippen LogP) is 10.4. The second-order valence-electron chi connectivity index (χ2n) is 10.4. The summed E-state index contributed by atoms with van der Waals surface area (Å²) in [5.74, 6) is 0.762. The molecule has 2 fully saturated rings. The SMILES string of the molecule is C1CCCC1.C1CCCC1.COc1ccc(C(O)/C(=C(/C)[N-]c2c(C)cccc2C)c2ccccc2)cc1.[Zr+3]. The maximum Gasteiger partial charge on any atom is 3.00 e. The number of rotatable bonds is 6. The van der Waals surface area contributed by atoms with Crippen molar-refractivity contribution in [3.8, 4) is 5.75 Å². The van der Waals surface area contributed by atoms with Crippen molar-refractivity contribution >= 4 is 11.3 Å². The maximum atomic E-state index is 11.2. The molecule has 0 aromatic heterocycles. The summed E-state index contributed by atoms with van der Waals surface area (Å²) >= 11 is 0. The Morgan fingerprint density at radius 1 is 0.692 bits per heavy atom. The average molecular weight is 604 g/mol. The normalized spacial score (nSPS) is 15.4. The van der Waals surface area contributed by atoms with E-state index in [2.05, 4.69) is 26.0 Å². The zero-order chi connectivity index (χ0) is 27.2. The van der Waals surface area contributed by atoms with Crippen molar-refractivity contribution < 1.29 is 36.0 Å². The molecule has 0 heterocycles. The van der Waals surface area contributed by atoms with Gasteiger partial charge in [-0.3, -0.25) is 0 Å². The van der Waals surface area contributed by atoms with Crippen LogP contribution in [0.5, 0.6) is 5.75 Å². The van der Waals surface area contributed by atoms with Crippen molar-refractivity contribution in [3.05, 3.63) is 106 Å². The van der Waals surface area contributed by atoms with Crippen LogP contribution in [-0.2, 0) is 26.2 Å². The molecular formula is C35H46NO2Zr+2. The number of aryl methyl sites for hydroxylation is 2. The van der Waals surface area contributed by atoms with Gasteiger partial charge in [0.2, 0.25) is 0 Å². The average Bonchev–Trinajstić information content (AvgIpc) is 3.72. The van der Waals surface area contributed by atoms with E-state index in [0.29, 0.717) is 0 Å². The smallest absolute Gasteiger partial charge is 0.661 e. The Morgan fingerprint density at radius 3 is 1.59 bits per heavy atom. The van der Waals surface area contributed by atoms with Gasteiger partial charge in [0.15, 0.2) is 0 Å². The Bertz CT molecular complexity index is 1070. The van der Waals surface area contributed by atoms with Gasteiger partial charge >= 0.3 is 26.2 Å². The molecule has 2 aliphatic carbocycles. The van der Waals surface area contributed by atoms with E-state index in [1.54, 1.807) is 7.11 Å². The van der Waals surface area contributed by atoms with Crippen LogP contribution in [0.25, 0.3) is 10.9 Å². The van der Waals surface area contributed by atoms with Gasteiger partial charge in [0.05, 0.1) is 7.11 Å². The molecule has 0 saturated heterocycles. The molecule has 205 valence electrons. The third-order valence-electron chi connectivity index (χ3n) is 7.40. The third kappa shape index (κ3) is 10.7. The summed E-state index contributed by atoms with van der Waals surface area (Å²) in [6.45, 7) is 6.07. The van der Waals surface area contributed by atoms with Crippen LogP contribution < -0.4 is 4.74 Å². The molecule has 1 unspecified atom stereocenters. The Labute approximate surface area is 256 Å². The zero-order valence-corrected chi connectivity index (χ0v) is 26.8. The van der Waals surface area contributed by atoms with Crippen LogP contribution in [0.2, 0.25) is 0 Å². The van der Waals surface area contributed by atoms with Crippen LogP contribution >= 0.6 is 0 Å².